The Bertz CT molecular complexity index is 639. The normalized spacial score (nSPS) is 11.4. The number of benzene rings is 2. The summed E-state index contributed by atoms with van der Waals surface area (Å²) in [6.07, 6.45) is 0. The summed E-state index contributed by atoms with van der Waals surface area (Å²) >= 11 is 5.74. The van der Waals surface area contributed by atoms with Gasteiger partial charge in [-0.2, -0.15) is 8.42 Å². The number of hydrogen-bond donors (Lipinski definition) is 0. The minimum Gasteiger partial charge on any atom is -0.189 e. The molecule has 2 aromatic carbocycles. The van der Waals surface area contributed by atoms with E-state index in [1.54, 1.807) is 0 Å². The third-order valence-corrected chi connectivity index (χ3v) is 3.61. The smallest absolute Gasteiger partial charge is 0.189 e. The zero-order valence-electron chi connectivity index (χ0n) is 8.60. The van der Waals surface area contributed by atoms with Crippen LogP contribution in [0.2, 0.25) is 5.02 Å². The van der Waals surface area contributed by atoms with Gasteiger partial charge in [0, 0.05) is 0 Å². The number of rotatable bonds is 2. The molecule has 0 aliphatic carbocycles. The van der Waals surface area contributed by atoms with Gasteiger partial charge in [-0.05, 0) is 23.3 Å². The van der Waals surface area contributed by atoms with E-state index in [0.29, 0.717) is 0 Å². The molecule has 0 saturated carbocycles. The van der Waals surface area contributed by atoms with Crippen molar-refractivity contribution in [1.29, 1.82) is 0 Å². The van der Waals surface area contributed by atoms with Crippen LogP contribution in [0.25, 0.3) is 11.1 Å². The molecule has 0 saturated heterocycles. The molecular formula is C12H8ClFO2S. The lowest BCUT2D eigenvalue weighted by molar-refractivity contribution is 0.552. The molecule has 0 atom stereocenters. The van der Waals surface area contributed by atoms with E-state index in [0.717, 1.165) is 11.1 Å². The van der Waals surface area contributed by atoms with Gasteiger partial charge in [-0.25, -0.2) is 0 Å². The van der Waals surface area contributed by atoms with E-state index in [9.17, 15) is 12.3 Å². The van der Waals surface area contributed by atoms with Crippen LogP contribution in [0.15, 0.2) is 53.4 Å². The molecule has 0 unspecified atom stereocenters. The van der Waals surface area contributed by atoms with Crippen molar-refractivity contribution in [2.75, 3.05) is 0 Å². The van der Waals surface area contributed by atoms with Crippen molar-refractivity contribution in [2.45, 2.75) is 4.90 Å². The largest absolute Gasteiger partial charge is 0.333 e. The molecule has 2 nitrogen and oxygen atoms in total. The zero-order chi connectivity index (χ0) is 12.5. The molecule has 0 bridgehead atoms. The predicted octanol–water partition coefficient (Wildman–Crippen LogP) is 3.67. The van der Waals surface area contributed by atoms with Crippen molar-refractivity contribution in [3.63, 3.8) is 0 Å². The van der Waals surface area contributed by atoms with Crippen molar-refractivity contribution in [3.05, 3.63) is 53.6 Å². The monoisotopic (exact) mass is 270 g/mol. The Morgan fingerprint density at radius 2 is 1.59 bits per heavy atom. The number of halogens is 2. The third kappa shape index (κ3) is 2.65. The molecule has 0 amide bonds. The summed E-state index contributed by atoms with van der Waals surface area (Å²) < 4.78 is 34.3. The SMILES string of the molecule is O=S(=O)(F)c1ccc(-c2ccccc2)cc1Cl. The summed E-state index contributed by atoms with van der Waals surface area (Å²) in [6, 6.07) is 13.4. The highest BCUT2D eigenvalue weighted by Gasteiger charge is 2.16. The summed E-state index contributed by atoms with van der Waals surface area (Å²) in [5.74, 6) is 0. The predicted molar refractivity (Wildman–Crippen MR) is 65.2 cm³/mol. The fourth-order valence-corrected chi connectivity index (χ4v) is 2.49. The summed E-state index contributed by atoms with van der Waals surface area (Å²) in [5.41, 5.74) is 1.63. The molecule has 0 radical (unpaired) electrons. The molecule has 0 N–H and O–H groups in total. The van der Waals surface area contributed by atoms with Crippen LogP contribution in [-0.2, 0) is 10.2 Å². The molecule has 17 heavy (non-hydrogen) atoms. The average Bonchev–Trinajstić information content (AvgIpc) is 2.28. The van der Waals surface area contributed by atoms with Crippen LogP contribution in [0.3, 0.4) is 0 Å². The summed E-state index contributed by atoms with van der Waals surface area (Å²) in [7, 11) is -4.76. The Morgan fingerprint density at radius 3 is 2.12 bits per heavy atom. The van der Waals surface area contributed by atoms with E-state index < -0.39 is 15.1 Å². The molecule has 2 rings (SSSR count). The van der Waals surface area contributed by atoms with E-state index in [2.05, 4.69) is 0 Å². The lowest BCUT2D eigenvalue weighted by Gasteiger charge is -2.04. The quantitative estimate of drug-likeness (QED) is 0.781. The summed E-state index contributed by atoms with van der Waals surface area (Å²) in [5, 5.41) is -0.117. The van der Waals surface area contributed by atoms with Gasteiger partial charge in [-0.15, -0.1) is 3.89 Å². The minimum atomic E-state index is -4.76. The lowest BCUT2D eigenvalue weighted by atomic mass is 10.1. The van der Waals surface area contributed by atoms with Crippen LogP contribution >= 0.6 is 11.6 Å². The van der Waals surface area contributed by atoms with Gasteiger partial charge in [0.25, 0.3) is 0 Å². The van der Waals surface area contributed by atoms with Gasteiger partial charge < -0.3 is 0 Å². The molecule has 0 aliphatic rings. The Kier molecular flexibility index (Phi) is 3.17. The van der Waals surface area contributed by atoms with Gasteiger partial charge >= 0.3 is 10.2 Å². The van der Waals surface area contributed by atoms with Crippen molar-refractivity contribution < 1.29 is 12.3 Å². The second-order valence-corrected chi connectivity index (χ2v) is 5.17. The first-order valence-corrected chi connectivity index (χ1v) is 6.54. The maximum atomic E-state index is 12.8. The van der Waals surface area contributed by atoms with E-state index in [4.69, 9.17) is 11.6 Å². The molecular weight excluding hydrogens is 263 g/mol. The topological polar surface area (TPSA) is 34.1 Å². The molecule has 0 aromatic heterocycles. The molecule has 88 valence electrons. The van der Waals surface area contributed by atoms with Gasteiger partial charge in [-0.1, -0.05) is 48.0 Å². The average molecular weight is 271 g/mol. The Balaban J connectivity index is 2.53. The van der Waals surface area contributed by atoms with Crippen LogP contribution < -0.4 is 0 Å². The van der Waals surface area contributed by atoms with Crippen molar-refractivity contribution >= 4 is 21.8 Å². The Morgan fingerprint density at radius 1 is 0.941 bits per heavy atom. The Hall–Kier alpha value is -1.39. The third-order valence-electron chi connectivity index (χ3n) is 2.30. The first-order valence-electron chi connectivity index (χ1n) is 4.78. The van der Waals surface area contributed by atoms with Crippen molar-refractivity contribution in [1.82, 2.24) is 0 Å². The molecule has 2 aromatic rings. The molecule has 0 aliphatic heterocycles. The van der Waals surface area contributed by atoms with Gasteiger partial charge in [0.05, 0.1) is 5.02 Å². The van der Waals surface area contributed by atoms with E-state index in [-0.39, 0.29) is 5.02 Å². The molecule has 5 heteroatoms. The van der Waals surface area contributed by atoms with Crippen LogP contribution in [-0.4, -0.2) is 8.42 Å². The first kappa shape index (κ1) is 12.1. The van der Waals surface area contributed by atoms with E-state index in [1.807, 2.05) is 30.3 Å². The van der Waals surface area contributed by atoms with Gasteiger partial charge in [0.1, 0.15) is 4.90 Å². The second kappa shape index (κ2) is 4.47. The molecule has 0 heterocycles. The van der Waals surface area contributed by atoms with Crippen LogP contribution in [0.5, 0.6) is 0 Å². The van der Waals surface area contributed by atoms with Gasteiger partial charge in [0.15, 0.2) is 0 Å². The standard InChI is InChI=1S/C12H8ClFO2S/c13-11-8-10(9-4-2-1-3-5-9)6-7-12(11)17(14,15)16/h1-8H. The van der Waals surface area contributed by atoms with Crippen LogP contribution in [0.1, 0.15) is 0 Å². The molecule has 0 spiro atoms. The highest BCUT2D eigenvalue weighted by Crippen LogP contribution is 2.28. The summed E-state index contributed by atoms with van der Waals surface area (Å²) in [6.45, 7) is 0. The maximum absolute atomic E-state index is 12.8. The number of hydrogen-bond acceptors (Lipinski definition) is 2. The van der Waals surface area contributed by atoms with Crippen LogP contribution in [0, 0.1) is 0 Å². The fourth-order valence-electron chi connectivity index (χ4n) is 1.51. The van der Waals surface area contributed by atoms with E-state index >= 15 is 0 Å². The minimum absolute atomic E-state index is 0.117. The highest BCUT2D eigenvalue weighted by atomic mass is 35.5. The van der Waals surface area contributed by atoms with Crippen molar-refractivity contribution in [2.24, 2.45) is 0 Å². The fraction of sp³-hybridized carbons (Fsp3) is 0. The van der Waals surface area contributed by atoms with Crippen LogP contribution in [0.4, 0.5) is 3.89 Å². The Labute approximate surface area is 104 Å². The first-order chi connectivity index (χ1) is 7.98. The van der Waals surface area contributed by atoms with Gasteiger partial charge in [0.2, 0.25) is 0 Å². The zero-order valence-corrected chi connectivity index (χ0v) is 10.2. The lowest BCUT2D eigenvalue weighted by Crippen LogP contribution is -1.93. The molecule has 0 fully saturated rings. The van der Waals surface area contributed by atoms with E-state index in [1.165, 1.54) is 18.2 Å². The van der Waals surface area contributed by atoms with Crippen molar-refractivity contribution in [3.8, 4) is 11.1 Å². The van der Waals surface area contributed by atoms with Gasteiger partial charge in [-0.3, -0.25) is 0 Å². The summed E-state index contributed by atoms with van der Waals surface area (Å²) in [4.78, 5) is -0.501. The highest BCUT2D eigenvalue weighted by molar-refractivity contribution is 7.86. The second-order valence-electron chi connectivity index (χ2n) is 3.45. The maximum Gasteiger partial charge on any atom is 0.333 e.